The number of carbonyl (C=O) groups excluding carboxylic acids is 1. The molecule has 0 saturated carbocycles. The number of aromatic nitrogens is 4. The van der Waals surface area contributed by atoms with Crippen LogP contribution in [0, 0.1) is 5.92 Å². The van der Waals surface area contributed by atoms with E-state index in [4.69, 9.17) is 0 Å². The van der Waals surface area contributed by atoms with Gasteiger partial charge in [0.1, 0.15) is 0 Å². The van der Waals surface area contributed by atoms with E-state index in [1.807, 2.05) is 6.20 Å². The molecule has 0 radical (unpaired) electrons. The average Bonchev–Trinajstić information content (AvgIpc) is 3.30. The van der Waals surface area contributed by atoms with Gasteiger partial charge in [0.2, 0.25) is 0 Å². The normalized spacial score (nSPS) is 20.9. The summed E-state index contributed by atoms with van der Waals surface area (Å²) in [5.41, 5.74) is 4.01. The number of nitrogens with one attached hydrogen (secondary N) is 3. The Hall–Kier alpha value is -2.15. The van der Waals surface area contributed by atoms with Gasteiger partial charge in [0.15, 0.2) is 5.69 Å². The van der Waals surface area contributed by atoms with Gasteiger partial charge in [0.05, 0.1) is 6.33 Å². The van der Waals surface area contributed by atoms with Crippen molar-refractivity contribution >= 4 is 5.91 Å². The van der Waals surface area contributed by atoms with Gasteiger partial charge in [-0.15, -0.1) is 0 Å². The van der Waals surface area contributed by atoms with E-state index < -0.39 is 0 Å². The van der Waals surface area contributed by atoms with Gasteiger partial charge in [0.25, 0.3) is 5.91 Å². The molecule has 0 aromatic carbocycles. The van der Waals surface area contributed by atoms with Gasteiger partial charge in [-0.1, -0.05) is 0 Å². The van der Waals surface area contributed by atoms with E-state index in [0.717, 1.165) is 62.4 Å². The second kappa shape index (κ2) is 6.76. The second-order valence-electron chi connectivity index (χ2n) is 6.91. The average molecular weight is 328 g/mol. The fourth-order valence-electron chi connectivity index (χ4n) is 3.90. The van der Waals surface area contributed by atoms with E-state index in [1.54, 1.807) is 6.33 Å². The molecule has 1 aliphatic carbocycles. The zero-order valence-corrected chi connectivity index (χ0v) is 13.8. The van der Waals surface area contributed by atoms with Crippen molar-refractivity contribution in [2.75, 3.05) is 19.6 Å². The van der Waals surface area contributed by atoms with Crippen LogP contribution in [0.3, 0.4) is 0 Å². The number of carbonyl (C=O) groups is 1. The Kier molecular flexibility index (Phi) is 4.34. The van der Waals surface area contributed by atoms with Crippen molar-refractivity contribution < 1.29 is 4.79 Å². The molecule has 24 heavy (non-hydrogen) atoms. The first kappa shape index (κ1) is 15.4. The van der Waals surface area contributed by atoms with Crippen LogP contribution in [0.5, 0.6) is 0 Å². The minimum absolute atomic E-state index is 0.0277. The molecular formula is C17H24N6O. The van der Waals surface area contributed by atoms with Crippen LogP contribution in [0.15, 0.2) is 12.5 Å². The molecule has 7 nitrogen and oxygen atoms in total. The highest BCUT2D eigenvalue weighted by atomic mass is 16.1. The van der Waals surface area contributed by atoms with Gasteiger partial charge in [-0.3, -0.25) is 14.8 Å². The summed E-state index contributed by atoms with van der Waals surface area (Å²) in [6.45, 7) is 3.74. The van der Waals surface area contributed by atoms with Gasteiger partial charge in [-0.05, 0) is 44.6 Å². The maximum absolute atomic E-state index is 12.4. The highest BCUT2D eigenvalue weighted by Gasteiger charge is 2.25. The number of H-pyrrole nitrogens is 2. The lowest BCUT2D eigenvalue weighted by molar-refractivity contribution is 0.0924. The SMILES string of the molecule is O=C(NCC1CCCN(Cc2cnc[nH]2)C1)c1n[nH]c2c1CCC2. The predicted molar refractivity (Wildman–Crippen MR) is 89.5 cm³/mol. The van der Waals surface area contributed by atoms with Crippen LogP contribution in [0.4, 0.5) is 0 Å². The van der Waals surface area contributed by atoms with E-state index in [9.17, 15) is 4.79 Å². The van der Waals surface area contributed by atoms with Crippen molar-refractivity contribution in [3.63, 3.8) is 0 Å². The highest BCUT2D eigenvalue weighted by molar-refractivity contribution is 5.94. The number of likely N-dealkylation sites (tertiary alicyclic amines) is 1. The molecule has 128 valence electrons. The number of aryl methyl sites for hydroxylation is 1. The second-order valence-corrected chi connectivity index (χ2v) is 6.91. The Morgan fingerprint density at radius 3 is 3.21 bits per heavy atom. The molecule has 2 aromatic rings. The van der Waals surface area contributed by atoms with Gasteiger partial charge >= 0.3 is 0 Å². The van der Waals surface area contributed by atoms with Gasteiger partial charge < -0.3 is 10.3 Å². The van der Waals surface area contributed by atoms with Crippen molar-refractivity contribution in [3.8, 4) is 0 Å². The summed E-state index contributed by atoms with van der Waals surface area (Å²) >= 11 is 0. The molecule has 0 spiro atoms. The van der Waals surface area contributed by atoms with Crippen LogP contribution >= 0.6 is 0 Å². The quantitative estimate of drug-likeness (QED) is 0.771. The van der Waals surface area contributed by atoms with Gasteiger partial charge in [-0.25, -0.2) is 4.98 Å². The predicted octanol–water partition coefficient (Wildman–Crippen LogP) is 1.26. The number of fused-ring (bicyclic) bond motifs is 1. The number of imidazole rings is 1. The topological polar surface area (TPSA) is 89.7 Å². The summed E-state index contributed by atoms with van der Waals surface area (Å²) in [5, 5.41) is 10.3. The lowest BCUT2D eigenvalue weighted by Crippen LogP contribution is -2.40. The first-order chi connectivity index (χ1) is 11.8. The molecule has 3 heterocycles. The number of piperidine rings is 1. The fourth-order valence-corrected chi connectivity index (χ4v) is 3.90. The summed E-state index contributed by atoms with van der Waals surface area (Å²) in [4.78, 5) is 22.1. The molecule has 4 rings (SSSR count). The van der Waals surface area contributed by atoms with Crippen molar-refractivity contribution in [2.45, 2.75) is 38.6 Å². The highest BCUT2D eigenvalue weighted by Crippen LogP contribution is 2.23. The maximum Gasteiger partial charge on any atom is 0.272 e. The number of rotatable bonds is 5. The van der Waals surface area contributed by atoms with E-state index >= 15 is 0 Å². The first-order valence-electron chi connectivity index (χ1n) is 8.83. The Morgan fingerprint density at radius 2 is 2.33 bits per heavy atom. The third-order valence-corrected chi connectivity index (χ3v) is 5.12. The minimum Gasteiger partial charge on any atom is -0.350 e. The molecule has 2 aromatic heterocycles. The largest absolute Gasteiger partial charge is 0.350 e. The fraction of sp³-hybridized carbons (Fsp3) is 0.588. The minimum atomic E-state index is -0.0277. The van der Waals surface area contributed by atoms with Crippen LogP contribution in [0.1, 0.15) is 46.7 Å². The number of hydrogen-bond acceptors (Lipinski definition) is 4. The third kappa shape index (κ3) is 3.21. The van der Waals surface area contributed by atoms with E-state index in [0.29, 0.717) is 11.6 Å². The summed E-state index contributed by atoms with van der Waals surface area (Å²) in [6, 6.07) is 0. The number of aromatic amines is 2. The Balaban J connectivity index is 1.29. The Labute approximate surface area is 141 Å². The van der Waals surface area contributed by atoms with Crippen LogP contribution < -0.4 is 5.32 Å². The maximum atomic E-state index is 12.4. The molecule has 1 amide bonds. The lowest BCUT2D eigenvalue weighted by atomic mass is 9.97. The Morgan fingerprint density at radius 1 is 1.38 bits per heavy atom. The Bertz CT molecular complexity index is 692. The van der Waals surface area contributed by atoms with Crippen LogP contribution in [-0.4, -0.2) is 50.6 Å². The zero-order valence-electron chi connectivity index (χ0n) is 13.8. The number of hydrogen-bond donors (Lipinski definition) is 3. The lowest BCUT2D eigenvalue weighted by Gasteiger charge is -2.32. The molecule has 1 unspecified atom stereocenters. The molecule has 3 N–H and O–H groups in total. The van der Waals surface area contributed by atoms with E-state index in [-0.39, 0.29) is 5.91 Å². The van der Waals surface area contributed by atoms with Gasteiger partial charge in [0, 0.05) is 42.8 Å². The smallest absolute Gasteiger partial charge is 0.272 e. The molecule has 2 aliphatic rings. The van der Waals surface area contributed by atoms with Gasteiger partial charge in [-0.2, -0.15) is 5.10 Å². The summed E-state index contributed by atoms with van der Waals surface area (Å²) in [6.07, 6.45) is 9.04. The summed E-state index contributed by atoms with van der Waals surface area (Å²) in [5.74, 6) is 0.470. The standard InChI is InChI=1S/C17H24N6O/c24-17(16-14-4-1-5-15(14)21-22-16)19-7-12-3-2-6-23(9-12)10-13-8-18-11-20-13/h8,11-12H,1-7,9-10H2,(H,18,20)(H,19,24)(H,21,22). The van der Waals surface area contributed by atoms with Crippen molar-refractivity contribution in [2.24, 2.45) is 5.92 Å². The van der Waals surface area contributed by atoms with Crippen LogP contribution in [0.25, 0.3) is 0 Å². The zero-order chi connectivity index (χ0) is 16.4. The summed E-state index contributed by atoms with van der Waals surface area (Å²) < 4.78 is 0. The van der Waals surface area contributed by atoms with Crippen molar-refractivity contribution in [1.82, 2.24) is 30.4 Å². The first-order valence-corrected chi connectivity index (χ1v) is 8.83. The van der Waals surface area contributed by atoms with Crippen LogP contribution in [-0.2, 0) is 19.4 Å². The molecule has 7 heteroatoms. The molecule has 1 aliphatic heterocycles. The van der Waals surface area contributed by atoms with E-state index in [1.165, 1.54) is 12.8 Å². The number of nitrogens with zero attached hydrogens (tertiary/aromatic N) is 3. The monoisotopic (exact) mass is 328 g/mol. The molecule has 0 bridgehead atoms. The molecule has 1 saturated heterocycles. The van der Waals surface area contributed by atoms with Crippen LogP contribution in [0.2, 0.25) is 0 Å². The molecule has 1 atom stereocenters. The van der Waals surface area contributed by atoms with Crippen molar-refractivity contribution in [3.05, 3.63) is 35.2 Å². The molecular weight excluding hydrogens is 304 g/mol. The van der Waals surface area contributed by atoms with E-state index in [2.05, 4.69) is 30.4 Å². The molecule has 1 fully saturated rings. The summed E-state index contributed by atoms with van der Waals surface area (Å²) in [7, 11) is 0. The van der Waals surface area contributed by atoms with Crippen molar-refractivity contribution in [1.29, 1.82) is 0 Å². The number of amides is 1. The third-order valence-electron chi connectivity index (χ3n) is 5.12.